The zero-order chi connectivity index (χ0) is 14.5. The molecule has 2 rings (SSSR count). The highest BCUT2D eigenvalue weighted by Gasteiger charge is 2.29. The van der Waals surface area contributed by atoms with Gasteiger partial charge in [-0.05, 0) is 62.8 Å². The van der Waals surface area contributed by atoms with Crippen LogP contribution in [0.1, 0.15) is 61.8 Å². The van der Waals surface area contributed by atoms with Crippen LogP contribution in [0.15, 0.2) is 12.1 Å². The Labute approximate surface area is 123 Å². The molecule has 0 spiro atoms. The summed E-state index contributed by atoms with van der Waals surface area (Å²) in [5.74, 6) is 1.82. The first-order valence-corrected chi connectivity index (χ1v) is 8.05. The summed E-state index contributed by atoms with van der Waals surface area (Å²) >= 11 is 0. The molecule has 0 amide bonds. The maximum absolute atomic E-state index is 5.69. The van der Waals surface area contributed by atoms with Crippen LogP contribution in [0.5, 0.6) is 5.75 Å². The van der Waals surface area contributed by atoms with E-state index in [2.05, 4.69) is 38.2 Å². The third-order valence-corrected chi connectivity index (χ3v) is 4.51. The first-order valence-electron chi connectivity index (χ1n) is 8.05. The Morgan fingerprint density at radius 1 is 1.25 bits per heavy atom. The number of ether oxygens (including phenoxy) is 1. The summed E-state index contributed by atoms with van der Waals surface area (Å²) in [6, 6.07) is 4.92. The number of hydrogen-bond acceptors (Lipinski definition) is 2. The normalized spacial score (nSPS) is 17.4. The van der Waals surface area contributed by atoms with E-state index >= 15 is 0 Å². The average molecular weight is 275 g/mol. The van der Waals surface area contributed by atoms with Crippen molar-refractivity contribution in [3.05, 3.63) is 28.8 Å². The second kappa shape index (κ2) is 7.12. The Morgan fingerprint density at radius 3 is 2.55 bits per heavy atom. The number of aryl methyl sites for hydroxylation is 2. The molecule has 1 N–H and O–H groups in total. The molecule has 0 saturated heterocycles. The zero-order valence-corrected chi connectivity index (χ0v) is 13.5. The van der Waals surface area contributed by atoms with Gasteiger partial charge in [-0.1, -0.05) is 25.8 Å². The molecular weight excluding hydrogens is 246 g/mol. The molecule has 1 saturated carbocycles. The van der Waals surface area contributed by atoms with E-state index in [-0.39, 0.29) is 0 Å². The molecule has 0 bridgehead atoms. The van der Waals surface area contributed by atoms with Gasteiger partial charge in [-0.3, -0.25) is 0 Å². The van der Waals surface area contributed by atoms with Crippen molar-refractivity contribution in [2.24, 2.45) is 5.92 Å². The lowest BCUT2D eigenvalue weighted by molar-refractivity contribution is 0.344. The van der Waals surface area contributed by atoms with Gasteiger partial charge in [0.05, 0.1) is 7.11 Å². The molecule has 2 heteroatoms. The number of rotatable bonds is 6. The maximum atomic E-state index is 5.69. The third kappa shape index (κ3) is 3.35. The molecule has 0 radical (unpaired) electrons. The van der Waals surface area contributed by atoms with Crippen LogP contribution >= 0.6 is 0 Å². The van der Waals surface area contributed by atoms with Gasteiger partial charge in [0, 0.05) is 11.6 Å². The van der Waals surface area contributed by atoms with E-state index in [0.29, 0.717) is 6.04 Å². The quantitative estimate of drug-likeness (QED) is 0.822. The highest BCUT2D eigenvalue weighted by Crippen LogP contribution is 2.40. The second-order valence-corrected chi connectivity index (χ2v) is 6.17. The van der Waals surface area contributed by atoms with Crippen molar-refractivity contribution in [2.75, 3.05) is 13.7 Å². The summed E-state index contributed by atoms with van der Waals surface area (Å²) in [5.41, 5.74) is 4.03. The van der Waals surface area contributed by atoms with E-state index in [1.54, 1.807) is 7.11 Å². The molecule has 112 valence electrons. The Balaban J connectivity index is 2.36. The molecule has 0 aromatic heterocycles. The fourth-order valence-corrected chi connectivity index (χ4v) is 3.60. The first kappa shape index (κ1) is 15.4. The summed E-state index contributed by atoms with van der Waals surface area (Å²) in [4.78, 5) is 0. The zero-order valence-electron chi connectivity index (χ0n) is 13.5. The van der Waals surface area contributed by atoms with Crippen molar-refractivity contribution in [3.8, 4) is 5.75 Å². The van der Waals surface area contributed by atoms with E-state index in [4.69, 9.17) is 4.74 Å². The number of nitrogens with one attached hydrogen (secondary N) is 1. The summed E-state index contributed by atoms with van der Waals surface area (Å²) in [6.45, 7) is 7.68. The van der Waals surface area contributed by atoms with Gasteiger partial charge in [-0.2, -0.15) is 0 Å². The van der Waals surface area contributed by atoms with E-state index in [1.807, 2.05) is 0 Å². The Kier molecular flexibility index (Phi) is 5.47. The summed E-state index contributed by atoms with van der Waals surface area (Å²) in [6.07, 6.45) is 6.62. The smallest absolute Gasteiger partial charge is 0.124 e. The molecule has 1 aliphatic carbocycles. The maximum Gasteiger partial charge on any atom is 0.124 e. The van der Waals surface area contributed by atoms with Crippen LogP contribution in [-0.2, 0) is 0 Å². The van der Waals surface area contributed by atoms with Crippen molar-refractivity contribution < 1.29 is 4.74 Å². The van der Waals surface area contributed by atoms with Crippen molar-refractivity contribution >= 4 is 0 Å². The monoisotopic (exact) mass is 275 g/mol. The minimum absolute atomic E-state index is 0.452. The lowest BCUT2D eigenvalue weighted by Gasteiger charge is -2.28. The van der Waals surface area contributed by atoms with Gasteiger partial charge in [0.15, 0.2) is 0 Å². The molecule has 1 aromatic rings. The van der Waals surface area contributed by atoms with Crippen LogP contribution in [0, 0.1) is 19.8 Å². The standard InChI is InChI=1S/C18H29NO/c1-5-10-19-18(15-8-6-7-9-15)17-14(3)11-13(2)12-16(17)20-4/h11-12,15,18-19H,5-10H2,1-4H3. The first-order chi connectivity index (χ1) is 9.67. The van der Waals surface area contributed by atoms with Gasteiger partial charge in [0.2, 0.25) is 0 Å². The predicted octanol–water partition coefficient (Wildman–Crippen LogP) is 4.54. The van der Waals surface area contributed by atoms with Crippen LogP contribution < -0.4 is 10.1 Å². The molecule has 20 heavy (non-hydrogen) atoms. The van der Waals surface area contributed by atoms with Crippen molar-refractivity contribution in [2.45, 2.75) is 58.9 Å². The molecule has 1 aliphatic rings. The van der Waals surface area contributed by atoms with Gasteiger partial charge < -0.3 is 10.1 Å². The van der Waals surface area contributed by atoms with E-state index in [1.165, 1.54) is 48.8 Å². The summed E-state index contributed by atoms with van der Waals surface area (Å²) in [5, 5.41) is 3.78. The number of methoxy groups -OCH3 is 1. The number of benzene rings is 1. The van der Waals surface area contributed by atoms with Crippen LogP contribution in [0.3, 0.4) is 0 Å². The highest BCUT2D eigenvalue weighted by molar-refractivity contribution is 5.45. The minimum Gasteiger partial charge on any atom is -0.496 e. The fourth-order valence-electron chi connectivity index (χ4n) is 3.60. The Hall–Kier alpha value is -1.02. The molecule has 1 aromatic carbocycles. The molecule has 2 nitrogen and oxygen atoms in total. The van der Waals surface area contributed by atoms with Gasteiger partial charge in [-0.25, -0.2) is 0 Å². The van der Waals surface area contributed by atoms with Crippen LogP contribution in [0.2, 0.25) is 0 Å². The highest BCUT2D eigenvalue weighted by atomic mass is 16.5. The van der Waals surface area contributed by atoms with Gasteiger partial charge >= 0.3 is 0 Å². The molecule has 1 unspecified atom stereocenters. The topological polar surface area (TPSA) is 21.3 Å². The fraction of sp³-hybridized carbons (Fsp3) is 0.667. The van der Waals surface area contributed by atoms with Crippen molar-refractivity contribution in [3.63, 3.8) is 0 Å². The van der Waals surface area contributed by atoms with E-state index in [0.717, 1.165) is 18.2 Å². The van der Waals surface area contributed by atoms with E-state index in [9.17, 15) is 0 Å². The minimum atomic E-state index is 0.452. The van der Waals surface area contributed by atoms with Crippen LogP contribution in [-0.4, -0.2) is 13.7 Å². The van der Waals surface area contributed by atoms with Gasteiger partial charge in [0.1, 0.15) is 5.75 Å². The SMILES string of the molecule is CCCNC(c1c(C)cc(C)cc1OC)C1CCCC1. The molecular formula is C18H29NO. The lowest BCUT2D eigenvalue weighted by Crippen LogP contribution is -2.29. The average Bonchev–Trinajstić information content (AvgIpc) is 2.94. The Morgan fingerprint density at radius 2 is 1.95 bits per heavy atom. The van der Waals surface area contributed by atoms with Crippen LogP contribution in [0.25, 0.3) is 0 Å². The molecule has 1 atom stereocenters. The molecule has 1 fully saturated rings. The second-order valence-electron chi connectivity index (χ2n) is 6.17. The molecule has 0 heterocycles. The third-order valence-electron chi connectivity index (χ3n) is 4.51. The van der Waals surface area contributed by atoms with Crippen molar-refractivity contribution in [1.82, 2.24) is 5.32 Å². The van der Waals surface area contributed by atoms with Crippen LogP contribution in [0.4, 0.5) is 0 Å². The summed E-state index contributed by atoms with van der Waals surface area (Å²) in [7, 11) is 1.79. The Bertz CT molecular complexity index is 435. The number of hydrogen-bond donors (Lipinski definition) is 1. The van der Waals surface area contributed by atoms with Gasteiger partial charge in [-0.15, -0.1) is 0 Å². The molecule has 0 aliphatic heterocycles. The van der Waals surface area contributed by atoms with Crippen molar-refractivity contribution in [1.29, 1.82) is 0 Å². The van der Waals surface area contributed by atoms with E-state index < -0.39 is 0 Å². The lowest BCUT2D eigenvalue weighted by atomic mass is 9.87. The summed E-state index contributed by atoms with van der Waals surface area (Å²) < 4.78 is 5.69. The largest absolute Gasteiger partial charge is 0.496 e. The predicted molar refractivity (Wildman–Crippen MR) is 85.5 cm³/mol. The van der Waals surface area contributed by atoms with Gasteiger partial charge in [0.25, 0.3) is 0 Å².